The molecule has 1 aliphatic heterocycles. The Morgan fingerprint density at radius 3 is 2.65 bits per heavy atom. The number of carbonyl (C=O) groups is 2. The largest absolute Gasteiger partial charge is 0.478 e. The molecule has 3 aromatic rings. The Labute approximate surface area is 158 Å². The molecule has 1 aliphatic rings. The summed E-state index contributed by atoms with van der Waals surface area (Å²) in [5, 5.41) is 9.52. The molecule has 0 saturated heterocycles. The van der Waals surface area contributed by atoms with E-state index in [2.05, 4.69) is 0 Å². The summed E-state index contributed by atoms with van der Waals surface area (Å²) in [4.78, 5) is 25.1. The standard InChI is InChI=1S/C20H11ClO4S/c21-15-7-5-11(20(23)24)9-14(15)16-8-6-12(25-16)10-18-19(22)13-3-1-2-4-17(13)26-18/h1-10H,(H,23,24)/b18-10-. The van der Waals surface area contributed by atoms with Crippen molar-refractivity contribution in [2.24, 2.45) is 0 Å². The van der Waals surface area contributed by atoms with Crippen molar-refractivity contribution in [3.8, 4) is 11.3 Å². The van der Waals surface area contributed by atoms with Crippen LogP contribution < -0.4 is 0 Å². The summed E-state index contributed by atoms with van der Waals surface area (Å²) in [6.07, 6.45) is 1.69. The van der Waals surface area contributed by atoms with Crippen molar-refractivity contribution in [3.63, 3.8) is 0 Å². The van der Waals surface area contributed by atoms with Crippen LogP contribution in [0.3, 0.4) is 0 Å². The number of hydrogen-bond donors (Lipinski definition) is 1. The van der Waals surface area contributed by atoms with Crippen molar-refractivity contribution in [3.05, 3.63) is 81.4 Å². The minimum atomic E-state index is -1.04. The number of allylic oxidation sites excluding steroid dienone is 1. The highest BCUT2D eigenvalue weighted by atomic mass is 35.5. The van der Waals surface area contributed by atoms with Gasteiger partial charge in [0, 0.05) is 16.0 Å². The minimum Gasteiger partial charge on any atom is -0.478 e. The lowest BCUT2D eigenvalue weighted by Gasteiger charge is -2.02. The Kier molecular flexibility index (Phi) is 4.18. The van der Waals surface area contributed by atoms with E-state index in [1.807, 2.05) is 18.2 Å². The number of benzene rings is 2. The van der Waals surface area contributed by atoms with Gasteiger partial charge in [-0.15, -0.1) is 0 Å². The topological polar surface area (TPSA) is 67.5 Å². The summed E-state index contributed by atoms with van der Waals surface area (Å²) in [6.45, 7) is 0. The predicted octanol–water partition coefficient (Wildman–Crippen LogP) is 5.63. The lowest BCUT2D eigenvalue weighted by atomic mass is 10.1. The second-order valence-electron chi connectivity index (χ2n) is 5.64. The normalized spacial score (nSPS) is 14.7. The van der Waals surface area contributed by atoms with E-state index in [-0.39, 0.29) is 11.3 Å². The second kappa shape index (κ2) is 6.52. The number of thioether (sulfide) groups is 1. The first-order valence-corrected chi connectivity index (χ1v) is 8.89. The van der Waals surface area contributed by atoms with Crippen molar-refractivity contribution in [2.45, 2.75) is 4.90 Å². The van der Waals surface area contributed by atoms with Crippen LogP contribution >= 0.6 is 23.4 Å². The molecule has 26 heavy (non-hydrogen) atoms. The molecule has 0 saturated carbocycles. The Morgan fingerprint density at radius 1 is 1.08 bits per heavy atom. The zero-order valence-corrected chi connectivity index (χ0v) is 14.8. The van der Waals surface area contributed by atoms with E-state index in [9.17, 15) is 9.59 Å². The maximum atomic E-state index is 12.4. The number of ketones is 1. The summed E-state index contributed by atoms with van der Waals surface area (Å²) in [7, 11) is 0. The average molecular weight is 383 g/mol. The van der Waals surface area contributed by atoms with Gasteiger partial charge in [0.15, 0.2) is 0 Å². The van der Waals surface area contributed by atoms with Crippen LogP contribution in [0.1, 0.15) is 26.5 Å². The van der Waals surface area contributed by atoms with Gasteiger partial charge in [0.2, 0.25) is 5.78 Å². The molecule has 0 amide bonds. The van der Waals surface area contributed by atoms with Gasteiger partial charge in [0.05, 0.1) is 15.5 Å². The number of fused-ring (bicyclic) bond motifs is 1. The number of carbonyl (C=O) groups excluding carboxylic acids is 1. The SMILES string of the molecule is O=C(O)c1ccc(Cl)c(-c2ccc(/C=C3\Sc4ccccc4C3=O)o2)c1. The first kappa shape index (κ1) is 16.7. The molecule has 0 aliphatic carbocycles. The fourth-order valence-corrected chi connectivity index (χ4v) is 3.93. The number of furan rings is 1. The van der Waals surface area contributed by atoms with Gasteiger partial charge in [0.1, 0.15) is 11.5 Å². The van der Waals surface area contributed by atoms with Crippen LogP contribution in [0, 0.1) is 0 Å². The molecule has 0 radical (unpaired) electrons. The number of aromatic carboxylic acids is 1. The van der Waals surface area contributed by atoms with Crippen molar-refractivity contribution in [1.82, 2.24) is 0 Å². The van der Waals surface area contributed by atoms with Crippen molar-refractivity contribution in [1.29, 1.82) is 0 Å². The van der Waals surface area contributed by atoms with E-state index < -0.39 is 5.97 Å². The fraction of sp³-hybridized carbons (Fsp3) is 0. The molecule has 0 spiro atoms. The highest BCUT2D eigenvalue weighted by molar-refractivity contribution is 8.04. The quantitative estimate of drug-likeness (QED) is 0.595. The van der Waals surface area contributed by atoms with Gasteiger partial charge >= 0.3 is 5.97 Å². The molecule has 0 fully saturated rings. The molecule has 2 heterocycles. The highest BCUT2D eigenvalue weighted by Crippen LogP contribution is 2.41. The summed E-state index contributed by atoms with van der Waals surface area (Å²) < 4.78 is 5.78. The molecule has 0 atom stereocenters. The molecule has 128 valence electrons. The first-order chi connectivity index (χ1) is 12.5. The molecule has 2 aromatic carbocycles. The van der Waals surface area contributed by atoms with Crippen LogP contribution in [0.4, 0.5) is 0 Å². The number of Topliss-reactive ketones (excluding diaryl/α,β-unsaturated/α-hetero) is 1. The zero-order valence-electron chi connectivity index (χ0n) is 13.2. The third-order valence-corrected chi connectivity index (χ3v) is 5.38. The van der Waals surface area contributed by atoms with Gasteiger partial charge in [0.25, 0.3) is 0 Å². The van der Waals surface area contributed by atoms with Crippen LogP contribution in [0.25, 0.3) is 17.4 Å². The Balaban J connectivity index is 1.67. The van der Waals surface area contributed by atoms with Crippen molar-refractivity contribution < 1.29 is 19.1 Å². The molecule has 0 unspecified atom stereocenters. The summed E-state index contributed by atoms with van der Waals surface area (Å²) in [6, 6.07) is 15.3. The fourth-order valence-electron chi connectivity index (χ4n) is 2.69. The highest BCUT2D eigenvalue weighted by Gasteiger charge is 2.25. The molecule has 1 aromatic heterocycles. The minimum absolute atomic E-state index is 0.0329. The maximum absolute atomic E-state index is 12.4. The molecular weight excluding hydrogens is 372 g/mol. The van der Waals surface area contributed by atoms with Gasteiger partial charge < -0.3 is 9.52 Å². The van der Waals surface area contributed by atoms with Gasteiger partial charge in [-0.25, -0.2) is 4.79 Å². The zero-order chi connectivity index (χ0) is 18.3. The van der Waals surface area contributed by atoms with Crippen LogP contribution in [-0.2, 0) is 0 Å². The van der Waals surface area contributed by atoms with E-state index in [4.69, 9.17) is 21.1 Å². The molecule has 6 heteroatoms. The number of halogens is 1. The summed E-state index contributed by atoms with van der Waals surface area (Å²) in [5.74, 6) is -0.129. The van der Waals surface area contributed by atoms with Crippen molar-refractivity contribution >= 4 is 41.2 Å². The predicted molar refractivity (Wildman–Crippen MR) is 101 cm³/mol. The van der Waals surface area contributed by atoms with Gasteiger partial charge in [-0.2, -0.15) is 0 Å². The molecular formula is C20H11ClO4S. The Morgan fingerprint density at radius 2 is 1.88 bits per heavy atom. The van der Waals surface area contributed by atoms with Crippen LogP contribution in [-0.4, -0.2) is 16.9 Å². The monoisotopic (exact) mass is 382 g/mol. The Hall–Kier alpha value is -2.76. The maximum Gasteiger partial charge on any atom is 0.335 e. The molecule has 0 bridgehead atoms. The van der Waals surface area contributed by atoms with Gasteiger partial charge in [-0.3, -0.25) is 4.79 Å². The lowest BCUT2D eigenvalue weighted by molar-refractivity contribution is 0.0696. The third kappa shape index (κ3) is 2.96. The van der Waals surface area contributed by atoms with Gasteiger partial charge in [-0.1, -0.05) is 35.5 Å². The summed E-state index contributed by atoms with van der Waals surface area (Å²) >= 11 is 7.57. The number of rotatable bonds is 3. The second-order valence-corrected chi connectivity index (χ2v) is 7.13. The number of carboxylic acid groups (broad SMARTS) is 1. The van der Waals surface area contributed by atoms with E-state index in [1.165, 1.54) is 30.0 Å². The molecule has 1 N–H and O–H groups in total. The third-order valence-electron chi connectivity index (χ3n) is 3.95. The number of hydrogen-bond acceptors (Lipinski definition) is 4. The van der Waals surface area contributed by atoms with E-state index in [0.717, 1.165) is 4.90 Å². The Bertz CT molecular complexity index is 1080. The van der Waals surface area contributed by atoms with E-state index >= 15 is 0 Å². The van der Waals surface area contributed by atoms with Crippen LogP contribution in [0.2, 0.25) is 5.02 Å². The van der Waals surface area contributed by atoms with Gasteiger partial charge in [-0.05, 0) is 48.5 Å². The molecule has 4 rings (SSSR count). The van der Waals surface area contributed by atoms with E-state index in [1.54, 1.807) is 24.3 Å². The number of carboxylic acids is 1. The van der Waals surface area contributed by atoms with E-state index in [0.29, 0.717) is 32.6 Å². The summed E-state index contributed by atoms with van der Waals surface area (Å²) in [5.41, 5.74) is 1.30. The van der Waals surface area contributed by atoms with Crippen LogP contribution in [0.5, 0.6) is 0 Å². The van der Waals surface area contributed by atoms with Crippen LogP contribution in [0.15, 0.2) is 68.8 Å². The average Bonchev–Trinajstić information content (AvgIpc) is 3.21. The lowest BCUT2D eigenvalue weighted by Crippen LogP contribution is -1.96. The smallest absolute Gasteiger partial charge is 0.335 e. The van der Waals surface area contributed by atoms with Crippen molar-refractivity contribution in [2.75, 3.05) is 0 Å². The molecule has 4 nitrogen and oxygen atoms in total. The first-order valence-electron chi connectivity index (χ1n) is 7.69.